The van der Waals surface area contributed by atoms with Crippen molar-refractivity contribution in [3.8, 4) is 0 Å². The van der Waals surface area contributed by atoms with E-state index in [1.165, 1.54) is 13.0 Å². The lowest BCUT2D eigenvalue weighted by Crippen LogP contribution is -2.08. The van der Waals surface area contributed by atoms with Crippen LogP contribution in [0.4, 0.5) is 18.9 Å². The normalized spacial score (nSPS) is 11.5. The molecule has 1 rings (SSSR count). The number of benzene rings is 1. The van der Waals surface area contributed by atoms with Crippen LogP contribution in [0.15, 0.2) is 18.2 Å². The number of hydrogen-bond acceptors (Lipinski definition) is 1. The molecule has 0 heterocycles. The zero-order chi connectivity index (χ0) is 10.1. The van der Waals surface area contributed by atoms with Crippen molar-refractivity contribution in [3.63, 3.8) is 0 Å². The summed E-state index contributed by atoms with van der Waals surface area (Å²) in [6.07, 6.45) is -4.27. The van der Waals surface area contributed by atoms with Gasteiger partial charge in [0.25, 0.3) is 0 Å². The van der Waals surface area contributed by atoms with Crippen LogP contribution >= 0.6 is 0 Å². The van der Waals surface area contributed by atoms with E-state index in [-0.39, 0.29) is 5.56 Å². The summed E-state index contributed by atoms with van der Waals surface area (Å²) < 4.78 is 37.0. The summed E-state index contributed by atoms with van der Waals surface area (Å²) in [6, 6.07) is 4.09. The predicted octanol–water partition coefficient (Wildman–Crippen LogP) is 3.06. The number of halogens is 3. The fourth-order valence-corrected chi connectivity index (χ4v) is 1.21. The summed E-state index contributed by atoms with van der Waals surface area (Å²) >= 11 is 0. The quantitative estimate of drug-likeness (QED) is 0.715. The zero-order valence-electron chi connectivity index (χ0n) is 7.37. The molecule has 1 N–H and O–H groups in total. The van der Waals surface area contributed by atoms with Crippen LogP contribution < -0.4 is 5.32 Å². The number of nitrogens with one attached hydrogen (secondary N) is 1. The predicted molar refractivity (Wildman–Crippen MR) is 45.7 cm³/mol. The Morgan fingerprint density at radius 2 is 1.85 bits per heavy atom. The number of rotatable bonds is 1. The summed E-state index contributed by atoms with van der Waals surface area (Å²) in [4.78, 5) is 0. The number of hydrogen-bond donors (Lipinski definition) is 1. The lowest BCUT2D eigenvalue weighted by atomic mass is 10.1. The Morgan fingerprint density at radius 3 is 2.31 bits per heavy atom. The first-order valence-corrected chi connectivity index (χ1v) is 3.81. The molecule has 1 nitrogen and oxygen atoms in total. The fourth-order valence-electron chi connectivity index (χ4n) is 1.21. The third kappa shape index (κ3) is 1.94. The molecule has 0 aromatic heterocycles. The Labute approximate surface area is 74.6 Å². The first kappa shape index (κ1) is 9.89. The van der Waals surface area contributed by atoms with Crippen LogP contribution in [0.25, 0.3) is 0 Å². The fraction of sp³-hybridized carbons (Fsp3) is 0.333. The maximum atomic E-state index is 12.3. The van der Waals surface area contributed by atoms with Gasteiger partial charge in [-0.1, -0.05) is 6.07 Å². The van der Waals surface area contributed by atoms with Crippen molar-refractivity contribution in [2.45, 2.75) is 13.1 Å². The highest BCUT2D eigenvalue weighted by Gasteiger charge is 2.32. The summed E-state index contributed by atoms with van der Waals surface area (Å²) in [5.74, 6) is 0. The highest BCUT2D eigenvalue weighted by atomic mass is 19.4. The largest absolute Gasteiger partial charge is 0.416 e. The number of anilines is 1. The number of alkyl halides is 3. The van der Waals surface area contributed by atoms with E-state index in [0.29, 0.717) is 5.69 Å². The highest BCUT2D eigenvalue weighted by Crippen LogP contribution is 2.34. The molecule has 0 aliphatic rings. The minimum Gasteiger partial charge on any atom is -0.388 e. The van der Waals surface area contributed by atoms with Gasteiger partial charge < -0.3 is 5.32 Å². The van der Waals surface area contributed by atoms with Crippen LogP contribution in [0.1, 0.15) is 11.1 Å². The van der Waals surface area contributed by atoms with Gasteiger partial charge in [0.1, 0.15) is 0 Å². The van der Waals surface area contributed by atoms with Crippen molar-refractivity contribution in [3.05, 3.63) is 29.3 Å². The van der Waals surface area contributed by atoms with Gasteiger partial charge in [-0.2, -0.15) is 13.2 Å². The maximum absolute atomic E-state index is 12.3. The third-order valence-electron chi connectivity index (χ3n) is 1.91. The maximum Gasteiger partial charge on any atom is 0.416 e. The van der Waals surface area contributed by atoms with E-state index in [1.807, 2.05) is 0 Å². The Morgan fingerprint density at radius 1 is 1.23 bits per heavy atom. The van der Waals surface area contributed by atoms with Gasteiger partial charge >= 0.3 is 6.18 Å². The second-order valence-corrected chi connectivity index (χ2v) is 2.73. The minimum absolute atomic E-state index is 0.234. The van der Waals surface area contributed by atoms with E-state index in [4.69, 9.17) is 0 Å². The van der Waals surface area contributed by atoms with Crippen LogP contribution in [-0.4, -0.2) is 7.05 Å². The van der Waals surface area contributed by atoms with E-state index >= 15 is 0 Å². The first-order valence-electron chi connectivity index (χ1n) is 3.81. The Balaban J connectivity index is 3.24. The average molecular weight is 189 g/mol. The molecular weight excluding hydrogens is 179 g/mol. The minimum atomic E-state index is -4.27. The lowest BCUT2D eigenvalue weighted by Gasteiger charge is -2.13. The van der Waals surface area contributed by atoms with Gasteiger partial charge in [-0.05, 0) is 24.6 Å². The molecule has 0 amide bonds. The second kappa shape index (κ2) is 3.28. The standard InChI is InChI=1S/C9H10F3N/c1-6-7(9(10,11)12)4-3-5-8(6)13-2/h3-5,13H,1-2H3. The van der Waals surface area contributed by atoms with Crippen molar-refractivity contribution >= 4 is 5.69 Å². The molecule has 0 saturated carbocycles. The van der Waals surface area contributed by atoms with Crippen molar-refractivity contribution < 1.29 is 13.2 Å². The van der Waals surface area contributed by atoms with Crippen LogP contribution in [0.2, 0.25) is 0 Å². The topological polar surface area (TPSA) is 12.0 Å². The Kier molecular flexibility index (Phi) is 2.50. The monoisotopic (exact) mass is 189 g/mol. The molecule has 1 aromatic carbocycles. The van der Waals surface area contributed by atoms with E-state index in [0.717, 1.165) is 6.07 Å². The van der Waals surface area contributed by atoms with Crippen LogP contribution in [-0.2, 0) is 6.18 Å². The van der Waals surface area contributed by atoms with E-state index < -0.39 is 11.7 Å². The Hall–Kier alpha value is -1.19. The molecule has 4 heteroatoms. The summed E-state index contributed by atoms with van der Waals surface area (Å²) in [5.41, 5.74) is 0.159. The van der Waals surface area contributed by atoms with E-state index in [9.17, 15) is 13.2 Å². The van der Waals surface area contributed by atoms with Crippen LogP contribution in [0.3, 0.4) is 0 Å². The molecule has 0 unspecified atom stereocenters. The summed E-state index contributed by atoms with van der Waals surface area (Å²) in [6.45, 7) is 1.45. The molecule has 0 aliphatic carbocycles. The lowest BCUT2D eigenvalue weighted by molar-refractivity contribution is -0.138. The molecule has 0 saturated heterocycles. The third-order valence-corrected chi connectivity index (χ3v) is 1.91. The second-order valence-electron chi connectivity index (χ2n) is 2.73. The van der Waals surface area contributed by atoms with Crippen molar-refractivity contribution in [2.75, 3.05) is 12.4 Å². The van der Waals surface area contributed by atoms with Crippen molar-refractivity contribution in [1.29, 1.82) is 0 Å². The Bertz CT molecular complexity index is 304. The molecule has 0 atom stereocenters. The molecule has 0 radical (unpaired) electrons. The van der Waals surface area contributed by atoms with E-state index in [2.05, 4.69) is 5.32 Å². The van der Waals surface area contributed by atoms with Crippen LogP contribution in [0, 0.1) is 6.92 Å². The summed E-state index contributed by atoms with van der Waals surface area (Å²) in [7, 11) is 1.60. The zero-order valence-corrected chi connectivity index (χ0v) is 7.37. The molecule has 0 fully saturated rings. The molecule has 0 aliphatic heterocycles. The van der Waals surface area contributed by atoms with Gasteiger partial charge in [0.2, 0.25) is 0 Å². The van der Waals surface area contributed by atoms with Gasteiger partial charge in [0.15, 0.2) is 0 Å². The summed E-state index contributed by atoms with van der Waals surface area (Å²) in [5, 5.41) is 2.71. The molecular formula is C9H10F3N. The smallest absolute Gasteiger partial charge is 0.388 e. The SMILES string of the molecule is CNc1cccc(C(F)(F)F)c1C. The molecule has 0 bridgehead atoms. The highest BCUT2D eigenvalue weighted by molar-refractivity contribution is 5.54. The first-order chi connectivity index (χ1) is 5.96. The average Bonchev–Trinajstić information content (AvgIpc) is 2.02. The molecule has 0 spiro atoms. The van der Waals surface area contributed by atoms with Gasteiger partial charge in [-0.3, -0.25) is 0 Å². The van der Waals surface area contributed by atoms with Gasteiger partial charge in [-0.25, -0.2) is 0 Å². The molecule has 13 heavy (non-hydrogen) atoms. The van der Waals surface area contributed by atoms with Crippen LogP contribution in [0.5, 0.6) is 0 Å². The van der Waals surface area contributed by atoms with Gasteiger partial charge in [-0.15, -0.1) is 0 Å². The molecule has 72 valence electrons. The van der Waals surface area contributed by atoms with Crippen molar-refractivity contribution in [1.82, 2.24) is 0 Å². The van der Waals surface area contributed by atoms with E-state index in [1.54, 1.807) is 13.1 Å². The van der Waals surface area contributed by atoms with Gasteiger partial charge in [0.05, 0.1) is 5.56 Å². The molecule has 1 aromatic rings. The van der Waals surface area contributed by atoms with Gasteiger partial charge in [0, 0.05) is 12.7 Å². The van der Waals surface area contributed by atoms with Crippen molar-refractivity contribution in [2.24, 2.45) is 0 Å².